The minimum absolute atomic E-state index is 0.0742. The maximum absolute atomic E-state index is 11.8. The summed E-state index contributed by atoms with van der Waals surface area (Å²) in [6, 6.07) is 0. The van der Waals surface area contributed by atoms with Crippen LogP contribution in [-0.2, 0) is 9.59 Å². The van der Waals surface area contributed by atoms with Crippen LogP contribution in [0, 0.1) is 29.6 Å². The van der Waals surface area contributed by atoms with E-state index in [0.717, 1.165) is 23.7 Å². The lowest BCUT2D eigenvalue weighted by Crippen LogP contribution is -2.46. The predicted octanol–water partition coefficient (Wildman–Crippen LogP) is 1.65. The number of carboxylic acid groups (broad SMARTS) is 1. The Labute approximate surface area is 107 Å². The van der Waals surface area contributed by atoms with Crippen LogP contribution in [0.3, 0.4) is 0 Å². The number of rotatable bonds is 4. The van der Waals surface area contributed by atoms with Gasteiger partial charge in [-0.1, -0.05) is 0 Å². The lowest BCUT2D eigenvalue weighted by molar-refractivity contribution is -0.138. The number of carboxylic acids is 1. The fraction of sp³-hybridized carbons (Fsp3) is 0.857. The second-order valence-electron chi connectivity index (χ2n) is 6.47. The number of carbonyl (C=O) groups is 2. The molecule has 4 aliphatic carbocycles. The molecule has 1 amide bonds. The van der Waals surface area contributed by atoms with Crippen LogP contribution in [0.5, 0.6) is 0 Å². The highest BCUT2D eigenvalue weighted by Crippen LogP contribution is 2.57. The molecule has 18 heavy (non-hydrogen) atoms. The lowest BCUT2D eigenvalue weighted by atomic mass is 9.51. The maximum Gasteiger partial charge on any atom is 0.322 e. The molecule has 0 spiro atoms. The monoisotopic (exact) mass is 251 g/mol. The van der Waals surface area contributed by atoms with Crippen molar-refractivity contribution in [1.82, 2.24) is 5.32 Å². The third kappa shape index (κ3) is 2.25. The van der Waals surface area contributed by atoms with Crippen molar-refractivity contribution in [2.75, 3.05) is 6.54 Å². The van der Waals surface area contributed by atoms with Gasteiger partial charge in [-0.25, -0.2) is 0 Å². The van der Waals surface area contributed by atoms with Gasteiger partial charge < -0.3 is 10.4 Å². The molecule has 4 saturated carbocycles. The van der Waals surface area contributed by atoms with E-state index < -0.39 is 5.97 Å². The zero-order valence-electron chi connectivity index (χ0n) is 10.6. The first-order valence-corrected chi connectivity index (χ1v) is 7.10. The number of amides is 1. The van der Waals surface area contributed by atoms with Crippen molar-refractivity contribution < 1.29 is 14.7 Å². The first-order chi connectivity index (χ1) is 8.61. The molecule has 4 fully saturated rings. The second kappa shape index (κ2) is 4.56. The van der Waals surface area contributed by atoms with Gasteiger partial charge in [0, 0.05) is 6.42 Å². The van der Waals surface area contributed by atoms with Crippen LogP contribution in [-0.4, -0.2) is 23.5 Å². The van der Waals surface area contributed by atoms with E-state index >= 15 is 0 Å². The van der Waals surface area contributed by atoms with Crippen LogP contribution >= 0.6 is 0 Å². The number of aliphatic carboxylic acids is 1. The second-order valence-corrected chi connectivity index (χ2v) is 6.47. The Hall–Kier alpha value is -1.06. The summed E-state index contributed by atoms with van der Waals surface area (Å²) < 4.78 is 0. The SMILES string of the molecule is O=C(O)CNC(=O)CC1C2CC3CC(C2)CC1C3. The van der Waals surface area contributed by atoms with Crippen LogP contribution in [0.25, 0.3) is 0 Å². The van der Waals surface area contributed by atoms with Crippen LogP contribution in [0.1, 0.15) is 38.5 Å². The summed E-state index contributed by atoms with van der Waals surface area (Å²) >= 11 is 0. The molecule has 0 saturated heterocycles. The van der Waals surface area contributed by atoms with Crippen molar-refractivity contribution in [3.63, 3.8) is 0 Å². The van der Waals surface area contributed by atoms with Gasteiger partial charge >= 0.3 is 5.97 Å². The average molecular weight is 251 g/mol. The molecule has 4 aliphatic rings. The Kier molecular flexibility index (Phi) is 3.04. The first-order valence-electron chi connectivity index (χ1n) is 7.10. The normalized spacial score (nSPS) is 40.8. The molecule has 0 aromatic rings. The third-order valence-electron chi connectivity index (χ3n) is 5.28. The van der Waals surface area contributed by atoms with E-state index in [1.165, 1.54) is 32.1 Å². The van der Waals surface area contributed by atoms with Gasteiger partial charge in [-0.3, -0.25) is 9.59 Å². The fourth-order valence-corrected chi connectivity index (χ4v) is 4.83. The molecule has 2 N–H and O–H groups in total. The van der Waals surface area contributed by atoms with Crippen LogP contribution in [0.2, 0.25) is 0 Å². The highest BCUT2D eigenvalue weighted by atomic mass is 16.4. The smallest absolute Gasteiger partial charge is 0.322 e. The summed E-state index contributed by atoms with van der Waals surface area (Å²) in [4.78, 5) is 22.2. The molecule has 0 radical (unpaired) electrons. The van der Waals surface area contributed by atoms with Crippen molar-refractivity contribution in [3.05, 3.63) is 0 Å². The summed E-state index contributed by atoms with van der Waals surface area (Å²) in [6.45, 7) is -0.244. The van der Waals surface area contributed by atoms with Crippen LogP contribution < -0.4 is 5.32 Å². The first kappa shape index (κ1) is 12.0. The molecule has 0 atom stereocenters. The van der Waals surface area contributed by atoms with Crippen LogP contribution in [0.15, 0.2) is 0 Å². The molecular formula is C14H21NO3. The third-order valence-corrected chi connectivity index (χ3v) is 5.28. The summed E-state index contributed by atoms with van der Waals surface area (Å²) in [6.07, 6.45) is 7.20. The summed E-state index contributed by atoms with van der Waals surface area (Å²) in [5.74, 6) is 2.79. The van der Waals surface area contributed by atoms with Gasteiger partial charge in [0.05, 0.1) is 0 Å². The minimum Gasteiger partial charge on any atom is -0.480 e. The Balaban J connectivity index is 1.57. The van der Waals surface area contributed by atoms with E-state index in [-0.39, 0.29) is 12.5 Å². The molecular weight excluding hydrogens is 230 g/mol. The van der Waals surface area contributed by atoms with Crippen molar-refractivity contribution in [3.8, 4) is 0 Å². The number of nitrogens with one attached hydrogen (secondary N) is 1. The summed E-state index contributed by atoms with van der Waals surface area (Å²) in [5.41, 5.74) is 0. The lowest BCUT2D eigenvalue weighted by Gasteiger charge is -2.54. The molecule has 100 valence electrons. The maximum atomic E-state index is 11.8. The van der Waals surface area contributed by atoms with Gasteiger partial charge in [-0.2, -0.15) is 0 Å². The topological polar surface area (TPSA) is 66.4 Å². The number of carbonyl (C=O) groups excluding carboxylic acids is 1. The Morgan fingerprint density at radius 2 is 1.56 bits per heavy atom. The van der Waals surface area contributed by atoms with Gasteiger partial charge in [-0.15, -0.1) is 0 Å². The van der Waals surface area contributed by atoms with E-state index in [0.29, 0.717) is 12.3 Å². The van der Waals surface area contributed by atoms with E-state index in [4.69, 9.17) is 5.11 Å². The van der Waals surface area contributed by atoms with E-state index in [2.05, 4.69) is 5.32 Å². The standard InChI is InChI=1S/C14H21NO3/c16-13(15-7-14(17)18)6-12-10-2-8-1-9(4-10)5-11(12)3-8/h8-12H,1-7H2,(H,15,16)(H,17,18). The van der Waals surface area contributed by atoms with Crippen molar-refractivity contribution in [2.24, 2.45) is 29.6 Å². The largest absolute Gasteiger partial charge is 0.480 e. The zero-order valence-corrected chi connectivity index (χ0v) is 10.6. The van der Waals surface area contributed by atoms with Crippen molar-refractivity contribution in [1.29, 1.82) is 0 Å². The predicted molar refractivity (Wildman–Crippen MR) is 65.8 cm³/mol. The molecule has 0 aliphatic heterocycles. The Morgan fingerprint density at radius 1 is 1.00 bits per heavy atom. The van der Waals surface area contributed by atoms with Gasteiger partial charge in [0.15, 0.2) is 0 Å². The molecule has 4 nitrogen and oxygen atoms in total. The van der Waals surface area contributed by atoms with Gasteiger partial charge in [0.25, 0.3) is 0 Å². The molecule has 4 rings (SSSR count). The van der Waals surface area contributed by atoms with Crippen LogP contribution in [0.4, 0.5) is 0 Å². The zero-order chi connectivity index (χ0) is 12.7. The summed E-state index contributed by atoms with van der Waals surface area (Å²) in [7, 11) is 0. The molecule has 4 heteroatoms. The van der Waals surface area contributed by atoms with Gasteiger partial charge in [0.1, 0.15) is 6.54 Å². The molecule has 4 bridgehead atoms. The van der Waals surface area contributed by atoms with Crippen molar-refractivity contribution >= 4 is 11.9 Å². The van der Waals surface area contributed by atoms with Gasteiger partial charge in [0.2, 0.25) is 5.91 Å². The van der Waals surface area contributed by atoms with E-state index in [1.807, 2.05) is 0 Å². The minimum atomic E-state index is -0.964. The van der Waals surface area contributed by atoms with Crippen molar-refractivity contribution in [2.45, 2.75) is 38.5 Å². The number of hydrogen-bond donors (Lipinski definition) is 2. The Morgan fingerprint density at radius 3 is 2.06 bits per heavy atom. The molecule has 0 aromatic carbocycles. The summed E-state index contributed by atoms with van der Waals surface area (Å²) in [5, 5.41) is 11.1. The van der Waals surface area contributed by atoms with E-state index in [1.54, 1.807) is 0 Å². The molecule has 0 unspecified atom stereocenters. The molecule has 0 heterocycles. The Bertz CT molecular complexity index is 338. The van der Waals surface area contributed by atoms with E-state index in [9.17, 15) is 9.59 Å². The quantitative estimate of drug-likeness (QED) is 0.798. The number of hydrogen-bond acceptors (Lipinski definition) is 2. The molecule has 0 aromatic heterocycles. The van der Waals surface area contributed by atoms with Gasteiger partial charge in [-0.05, 0) is 61.7 Å². The average Bonchev–Trinajstić information content (AvgIpc) is 2.30. The highest BCUT2D eigenvalue weighted by Gasteiger charge is 2.48. The fourth-order valence-electron chi connectivity index (χ4n) is 4.83. The highest BCUT2D eigenvalue weighted by molar-refractivity contribution is 5.81.